The number of carboxylic acid groups (broad SMARTS) is 1. The van der Waals surface area contributed by atoms with Crippen LogP contribution in [0.25, 0.3) is 0 Å². The highest BCUT2D eigenvalue weighted by Gasteiger charge is 2.23. The van der Waals surface area contributed by atoms with Crippen LogP contribution in [0, 0.1) is 0 Å². The van der Waals surface area contributed by atoms with E-state index in [-0.39, 0.29) is 0 Å². The van der Waals surface area contributed by atoms with Crippen molar-refractivity contribution in [2.24, 2.45) is 0 Å². The Balaban J connectivity index is 1.83. The van der Waals surface area contributed by atoms with E-state index < -0.39 is 29.9 Å². The van der Waals surface area contributed by atoms with Crippen molar-refractivity contribution in [3.05, 3.63) is 66.0 Å². The average Bonchev–Trinajstić information content (AvgIpc) is 2.70. The van der Waals surface area contributed by atoms with E-state index in [1.54, 1.807) is 0 Å². The molecule has 1 aromatic heterocycles. The van der Waals surface area contributed by atoms with Crippen LogP contribution in [0.4, 0.5) is 0 Å². The van der Waals surface area contributed by atoms with Gasteiger partial charge in [0.05, 0.1) is 6.04 Å². The number of rotatable bonds is 8. The molecule has 0 spiro atoms. The lowest BCUT2D eigenvalue weighted by Crippen LogP contribution is -2.53. The smallest absolute Gasteiger partial charge is 0.320 e. The predicted molar refractivity (Wildman–Crippen MR) is 98.6 cm³/mol. The fourth-order valence-electron chi connectivity index (χ4n) is 2.41. The first-order chi connectivity index (χ1) is 13.0. The first kappa shape index (κ1) is 20.1. The lowest BCUT2D eigenvalue weighted by Gasteiger charge is -2.20. The maximum absolute atomic E-state index is 12.1. The number of nitrogens with one attached hydrogen (secondary N) is 3. The fourth-order valence-corrected chi connectivity index (χ4v) is 2.41. The Morgan fingerprint density at radius 1 is 1.04 bits per heavy atom. The number of hydrazine groups is 1. The zero-order valence-electron chi connectivity index (χ0n) is 14.9. The van der Waals surface area contributed by atoms with Gasteiger partial charge in [-0.25, -0.2) is 0 Å². The molecular formula is C19H22N4O4. The Morgan fingerprint density at radius 3 is 2.33 bits per heavy atom. The first-order valence-electron chi connectivity index (χ1n) is 8.50. The van der Waals surface area contributed by atoms with Gasteiger partial charge in [0.15, 0.2) is 0 Å². The molecule has 4 N–H and O–H groups in total. The lowest BCUT2D eigenvalue weighted by atomic mass is 10.0. The number of aliphatic carboxylic acids is 1. The maximum Gasteiger partial charge on any atom is 0.320 e. The number of hydrogen-bond donors (Lipinski definition) is 4. The van der Waals surface area contributed by atoms with Gasteiger partial charge in [-0.15, -0.1) is 0 Å². The molecule has 0 fully saturated rings. The number of aromatic nitrogens is 1. The van der Waals surface area contributed by atoms with Crippen molar-refractivity contribution in [3.8, 4) is 0 Å². The van der Waals surface area contributed by atoms with Gasteiger partial charge in [-0.2, -0.15) is 0 Å². The van der Waals surface area contributed by atoms with E-state index in [0.717, 1.165) is 5.56 Å². The minimum Gasteiger partial charge on any atom is -0.480 e. The molecule has 0 radical (unpaired) electrons. The van der Waals surface area contributed by atoms with Gasteiger partial charge in [0.25, 0.3) is 11.8 Å². The van der Waals surface area contributed by atoms with Gasteiger partial charge in [0.2, 0.25) is 0 Å². The number of aryl methyl sites for hydroxylation is 1. The van der Waals surface area contributed by atoms with Crippen molar-refractivity contribution >= 4 is 17.8 Å². The molecule has 0 aliphatic rings. The number of nitrogens with zero attached hydrogens (tertiary/aromatic N) is 1. The Bertz CT molecular complexity index is 768. The molecule has 142 valence electrons. The van der Waals surface area contributed by atoms with Gasteiger partial charge in [-0.3, -0.25) is 35.5 Å². The highest BCUT2D eigenvalue weighted by Crippen LogP contribution is 2.06. The largest absolute Gasteiger partial charge is 0.480 e. The summed E-state index contributed by atoms with van der Waals surface area (Å²) in [5, 5.41) is 12.2. The average molecular weight is 370 g/mol. The molecule has 2 rings (SSSR count). The summed E-state index contributed by atoms with van der Waals surface area (Å²) in [6.07, 6.45) is 3.83. The summed E-state index contributed by atoms with van der Waals surface area (Å²) in [4.78, 5) is 39.3. The standard InChI is InChI=1S/C19H22N4O4/c1-13(17(24)22-23-18(25)15-9-11-20-12-10-15)21-16(19(26)27)8-7-14-5-3-2-4-6-14/h2-6,9-13,16,21H,7-8H2,1H3,(H,22,24)(H,23,25)(H,26,27)/t13-,16-/m0/s1. The predicted octanol–water partition coefficient (Wildman–Crippen LogP) is 0.907. The van der Waals surface area contributed by atoms with Crippen LogP contribution in [-0.4, -0.2) is 40.0 Å². The zero-order valence-corrected chi connectivity index (χ0v) is 14.9. The van der Waals surface area contributed by atoms with E-state index in [4.69, 9.17) is 0 Å². The van der Waals surface area contributed by atoms with Crippen molar-refractivity contribution < 1.29 is 19.5 Å². The molecule has 1 aromatic carbocycles. The second kappa shape index (κ2) is 10.0. The summed E-state index contributed by atoms with van der Waals surface area (Å²) in [6, 6.07) is 10.8. The minimum atomic E-state index is -1.04. The highest BCUT2D eigenvalue weighted by molar-refractivity contribution is 5.95. The summed E-state index contributed by atoms with van der Waals surface area (Å²) in [6.45, 7) is 1.53. The second-order valence-electron chi connectivity index (χ2n) is 5.98. The van der Waals surface area contributed by atoms with Crippen LogP contribution in [0.5, 0.6) is 0 Å². The van der Waals surface area contributed by atoms with E-state index in [1.807, 2.05) is 30.3 Å². The first-order valence-corrected chi connectivity index (χ1v) is 8.50. The van der Waals surface area contributed by atoms with Gasteiger partial charge in [0, 0.05) is 18.0 Å². The molecule has 0 saturated heterocycles. The van der Waals surface area contributed by atoms with Crippen molar-refractivity contribution in [2.45, 2.75) is 31.8 Å². The third kappa shape index (κ3) is 6.52. The topological polar surface area (TPSA) is 120 Å². The Kier molecular flexibility index (Phi) is 7.45. The molecule has 2 amide bonds. The molecule has 8 heteroatoms. The lowest BCUT2D eigenvalue weighted by molar-refractivity contribution is -0.140. The molecule has 0 aliphatic carbocycles. The van der Waals surface area contributed by atoms with Crippen LogP contribution in [-0.2, 0) is 16.0 Å². The van der Waals surface area contributed by atoms with E-state index >= 15 is 0 Å². The Morgan fingerprint density at radius 2 is 1.70 bits per heavy atom. The van der Waals surface area contributed by atoms with Crippen LogP contribution >= 0.6 is 0 Å². The van der Waals surface area contributed by atoms with Crippen molar-refractivity contribution in [1.82, 2.24) is 21.2 Å². The summed E-state index contributed by atoms with van der Waals surface area (Å²) < 4.78 is 0. The second-order valence-corrected chi connectivity index (χ2v) is 5.98. The van der Waals surface area contributed by atoms with Crippen LogP contribution < -0.4 is 16.2 Å². The SMILES string of the molecule is C[C@H](N[C@@H](CCc1ccccc1)C(=O)O)C(=O)NNC(=O)c1ccncc1. The summed E-state index contributed by atoms with van der Waals surface area (Å²) in [5.41, 5.74) is 5.94. The minimum absolute atomic E-state index is 0.334. The molecule has 1 heterocycles. The Labute approximate surface area is 157 Å². The van der Waals surface area contributed by atoms with Crippen molar-refractivity contribution in [2.75, 3.05) is 0 Å². The number of benzene rings is 1. The molecule has 2 atom stereocenters. The van der Waals surface area contributed by atoms with Gasteiger partial charge in [-0.05, 0) is 37.5 Å². The monoisotopic (exact) mass is 370 g/mol. The van der Waals surface area contributed by atoms with Crippen LogP contribution in [0.1, 0.15) is 29.3 Å². The maximum atomic E-state index is 12.1. The molecule has 2 aromatic rings. The van der Waals surface area contributed by atoms with Gasteiger partial charge < -0.3 is 5.11 Å². The molecule has 8 nitrogen and oxygen atoms in total. The van der Waals surface area contributed by atoms with E-state index in [1.165, 1.54) is 31.5 Å². The summed E-state index contributed by atoms with van der Waals surface area (Å²) in [5.74, 6) is -2.06. The van der Waals surface area contributed by atoms with E-state index in [0.29, 0.717) is 18.4 Å². The highest BCUT2D eigenvalue weighted by atomic mass is 16.4. The van der Waals surface area contributed by atoms with Gasteiger partial charge in [-0.1, -0.05) is 30.3 Å². The number of amides is 2. The molecular weight excluding hydrogens is 348 g/mol. The van der Waals surface area contributed by atoms with Gasteiger partial charge >= 0.3 is 5.97 Å². The number of carbonyl (C=O) groups is 3. The van der Waals surface area contributed by atoms with Crippen LogP contribution in [0.3, 0.4) is 0 Å². The normalized spacial score (nSPS) is 12.6. The van der Waals surface area contributed by atoms with Crippen molar-refractivity contribution in [3.63, 3.8) is 0 Å². The fraction of sp³-hybridized carbons (Fsp3) is 0.263. The molecule has 27 heavy (non-hydrogen) atoms. The molecule has 0 bridgehead atoms. The summed E-state index contributed by atoms with van der Waals surface area (Å²) >= 11 is 0. The number of carboxylic acids is 1. The third-order valence-electron chi connectivity index (χ3n) is 3.95. The molecule has 0 saturated carbocycles. The van der Waals surface area contributed by atoms with Crippen molar-refractivity contribution in [1.29, 1.82) is 0 Å². The van der Waals surface area contributed by atoms with Gasteiger partial charge in [0.1, 0.15) is 6.04 Å². The third-order valence-corrected chi connectivity index (χ3v) is 3.95. The number of carbonyl (C=O) groups excluding carboxylic acids is 2. The quantitative estimate of drug-likeness (QED) is 0.513. The summed E-state index contributed by atoms with van der Waals surface area (Å²) in [7, 11) is 0. The van der Waals surface area contributed by atoms with Crippen LogP contribution in [0.15, 0.2) is 54.9 Å². The number of hydrogen-bond acceptors (Lipinski definition) is 5. The van der Waals surface area contributed by atoms with E-state index in [9.17, 15) is 19.5 Å². The van der Waals surface area contributed by atoms with E-state index in [2.05, 4.69) is 21.2 Å². The Hall–Kier alpha value is -3.26. The molecule has 0 aliphatic heterocycles. The molecule has 0 unspecified atom stereocenters. The van der Waals surface area contributed by atoms with Crippen LogP contribution in [0.2, 0.25) is 0 Å². The number of pyridine rings is 1. The zero-order chi connectivity index (χ0) is 19.6.